The molecule has 0 aromatic heterocycles. The predicted molar refractivity (Wildman–Crippen MR) is 66.7 cm³/mol. The lowest BCUT2D eigenvalue weighted by atomic mass is 10.1. The largest absolute Gasteiger partial charge is 0.103 e. The fourth-order valence-corrected chi connectivity index (χ4v) is 1.76. The summed E-state index contributed by atoms with van der Waals surface area (Å²) < 4.78 is 0. The zero-order chi connectivity index (χ0) is 10.7. The van der Waals surface area contributed by atoms with E-state index in [0.717, 1.165) is 18.8 Å². The summed E-state index contributed by atoms with van der Waals surface area (Å²) >= 11 is 0. The molecule has 1 fully saturated rings. The van der Waals surface area contributed by atoms with Crippen molar-refractivity contribution in [1.82, 2.24) is 0 Å². The molecule has 0 saturated heterocycles. The molecule has 0 spiro atoms. The lowest BCUT2D eigenvalue weighted by Gasteiger charge is -1.99. The second-order valence-corrected chi connectivity index (χ2v) is 4.39. The maximum atomic E-state index is 3.74. The number of benzene rings is 1. The van der Waals surface area contributed by atoms with Crippen molar-refractivity contribution in [3.63, 3.8) is 0 Å². The van der Waals surface area contributed by atoms with E-state index >= 15 is 0 Å². The molecule has 15 heavy (non-hydrogen) atoms. The van der Waals surface area contributed by atoms with Crippen molar-refractivity contribution in [2.75, 3.05) is 0 Å². The first-order valence-electron chi connectivity index (χ1n) is 5.70. The molecule has 1 unspecified atom stereocenters. The third-order valence-electron chi connectivity index (χ3n) is 2.98. The monoisotopic (exact) mass is 198 g/mol. The minimum Gasteiger partial charge on any atom is -0.103 e. The quantitative estimate of drug-likeness (QED) is 0.635. The Hall–Kier alpha value is -1.30. The van der Waals surface area contributed by atoms with Crippen molar-refractivity contribution >= 4 is 6.08 Å². The van der Waals surface area contributed by atoms with Crippen LogP contribution in [0.4, 0.5) is 0 Å². The molecule has 0 aliphatic heterocycles. The van der Waals surface area contributed by atoms with Gasteiger partial charge in [-0.15, -0.1) is 6.58 Å². The standard InChI is InChI=1S/C15H18/c1-3-4-5-13-6-8-14(9-7-13)11-15-10-12(15)2/h3,6-9,11-12H,1,4-5,10H2,2H3. The van der Waals surface area contributed by atoms with Crippen molar-refractivity contribution in [3.8, 4) is 0 Å². The van der Waals surface area contributed by atoms with Gasteiger partial charge in [-0.05, 0) is 36.3 Å². The van der Waals surface area contributed by atoms with Gasteiger partial charge in [0, 0.05) is 0 Å². The lowest BCUT2D eigenvalue weighted by Crippen LogP contribution is -1.82. The third kappa shape index (κ3) is 2.82. The summed E-state index contributed by atoms with van der Waals surface area (Å²) in [7, 11) is 0. The number of rotatable bonds is 4. The second kappa shape index (κ2) is 4.48. The van der Waals surface area contributed by atoms with Gasteiger partial charge in [0.15, 0.2) is 0 Å². The van der Waals surface area contributed by atoms with Gasteiger partial charge in [0.05, 0.1) is 0 Å². The van der Waals surface area contributed by atoms with Gasteiger partial charge in [0.2, 0.25) is 0 Å². The van der Waals surface area contributed by atoms with Crippen LogP contribution in [0.25, 0.3) is 6.08 Å². The van der Waals surface area contributed by atoms with E-state index in [1.807, 2.05) is 6.08 Å². The maximum Gasteiger partial charge on any atom is -0.0191 e. The first kappa shape index (κ1) is 10.2. The summed E-state index contributed by atoms with van der Waals surface area (Å²) in [5.74, 6) is 0.824. The van der Waals surface area contributed by atoms with Crippen LogP contribution in [-0.4, -0.2) is 0 Å². The molecule has 0 N–H and O–H groups in total. The van der Waals surface area contributed by atoms with Crippen molar-refractivity contribution < 1.29 is 0 Å². The Balaban J connectivity index is 2.01. The van der Waals surface area contributed by atoms with Crippen LogP contribution in [0.15, 0.2) is 42.5 Å². The highest BCUT2D eigenvalue weighted by molar-refractivity contribution is 5.57. The minimum absolute atomic E-state index is 0.824. The van der Waals surface area contributed by atoms with Crippen LogP contribution in [0.1, 0.15) is 30.9 Å². The van der Waals surface area contributed by atoms with Gasteiger partial charge in [-0.2, -0.15) is 0 Å². The molecule has 1 aliphatic rings. The van der Waals surface area contributed by atoms with Crippen LogP contribution in [0.3, 0.4) is 0 Å². The number of aryl methyl sites for hydroxylation is 1. The van der Waals surface area contributed by atoms with E-state index in [1.165, 1.54) is 17.5 Å². The zero-order valence-electron chi connectivity index (χ0n) is 9.37. The van der Waals surface area contributed by atoms with Crippen molar-refractivity contribution in [2.45, 2.75) is 26.2 Å². The summed E-state index contributed by atoms with van der Waals surface area (Å²) in [5.41, 5.74) is 4.34. The smallest absolute Gasteiger partial charge is 0.0191 e. The van der Waals surface area contributed by atoms with Crippen molar-refractivity contribution in [2.24, 2.45) is 5.92 Å². The molecule has 0 amide bonds. The number of hydrogen-bond acceptors (Lipinski definition) is 0. The number of hydrogen-bond donors (Lipinski definition) is 0. The van der Waals surface area contributed by atoms with Crippen LogP contribution in [-0.2, 0) is 6.42 Å². The Morgan fingerprint density at radius 2 is 2.00 bits per heavy atom. The van der Waals surface area contributed by atoms with Crippen LogP contribution >= 0.6 is 0 Å². The molecule has 0 bridgehead atoms. The molecular formula is C15H18. The van der Waals surface area contributed by atoms with Gasteiger partial charge >= 0.3 is 0 Å². The van der Waals surface area contributed by atoms with Crippen LogP contribution in [0.2, 0.25) is 0 Å². The van der Waals surface area contributed by atoms with E-state index in [9.17, 15) is 0 Å². The van der Waals surface area contributed by atoms with Gasteiger partial charge in [-0.3, -0.25) is 0 Å². The Kier molecular flexibility index (Phi) is 3.05. The molecule has 1 aromatic rings. The average molecular weight is 198 g/mol. The third-order valence-corrected chi connectivity index (χ3v) is 2.98. The summed E-state index contributed by atoms with van der Waals surface area (Å²) in [6, 6.07) is 8.89. The highest BCUT2D eigenvalue weighted by Gasteiger charge is 2.23. The SMILES string of the molecule is C=CCCc1ccc(C=C2CC2C)cc1. The first-order chi connectivity index (χ1) is 7.29. The van der Waals surface area contributed by atoms with E-state index in [1.54, 1.807) is 5.57 Å². The van der Waals surface area contributed by atoms with Gasteiger partial charge < -0.3 is 0 Å². The fraction of sp³-hybridized carbons (Fsp3) is 0.333. The molecule has 1 atom stereocenters. The van der Waals surface area contributed by atoms with Crippen molar-refractivity contribution in [3.05, 3.63) is 53.6 Å². The zero-order valence-corrected chi connectivity index (χ0v) is 9.37. The molecule has 0 heterocycles. The van der Waals surface area contributed by atoms with E-state index in [0.29, 0.717) is 0 Å². The minimum atomic E-state index is 0.824. The molecule has 1 aromatic carbocycles. The predicted octanol–water partition coefficient (Wildman–Crippen LogP) is 4.23. The Bertz CT molecular complexity index is 368. The molecule has 0 nitrogen and oxygen atoms in total. The van der Waals surface area contributed by atoms with E-state index < -0.39 is 0 Å². The average Bonchev–Trinajstić information content (AvgIpc) is 2.93. The molecular weight excluding hydrogens is 180 g/mol. The first-order valence-corrected chi connectivity index (χ1v) is 5.70. The second-order valence-electron chi connectivity index (χ2n) is 4.39. The molecule has 1 aliphatic carbocycles. The van der Waals surface area contributed by atoms with Gasteiger partial charge in [-0.1, -0.05) is 48.9 Å². The maximum absolute atomic E-state index is 3.74. The van der Waals surface area contributed by atoms with Crippen molar-refractivity contribution in [1.29, 1.82) is 0 Å². The summed E-state index contributed by atoms with van der Waals surface area (Å²) in [6.07, 6.45) is 7.76. The summed E-state index contributed by atoms with van der Waals surface area (Å²) in [4.78, 5) is 0. The van der Waals surface area contributed by atoms with Crippen LogP contribution in [0, 0.1) is 5.92 Å². The number of allylic oxidation sites excluding steroid dienone is 2. The van der Waals surface area contributed by atoms with Gasteiger partial charge in [0.25, 0.3) is 0 Å². The van der Waals surface area contributed by atoms with E-state index in [4.69, 9.17) is 0 Å². The molecule has 0 heteroatoms. The molecule has 1 saturated carbocycles. The summed E-state index contributed by atoms with van der Waals surface area (Å²) in [5, 5.41) is 0. The Morgan fingerprint density at radius 1 is 1.33 bits per heavy atom. The van der Waals surface area contributed by atoms with Crippen LogP contribution in [0.5, 0.6) is 0 Å². The molecule has 2 rings (SSSR count). The Labute approximate surface area is 92.3 Å². The topological polar surface area (TPSA) is 0 Å². The highest BCUT2D eigenvalue weighted by atomic mass is 14.3. The van der Waals surface area contributed by atoms with Gasteiger partial charge in [0.1, 0.15) is 0 Å². The van der Waals surface area contributed by atoms with Gasteiger partial charge in [-0.25, -0.2) is 0 Å². The van der Waals surface area contributed by atoms with E-state index in [-0.39, 0.29) is 0 Å². The lowest BCUT2D eigenvalue weighted by molar-refractivity contribution is 1.00. The highest BCUT2D eigenvalue weighted by Crippen LogP contribution is 2.38. The molecule has 78 valence electrons. The van der Waals surface area contributed by atoms with Crippen LogP contribution < -0.4 is 0 Å². The normalized spacial score (nSPS) is 21.7. The summed E-state index contributed by atoms with van der Waals surface area (Å²) in [6.45, 7) is 6.02. The fourth-order valence-electron chi connectivity index (χ4n) is 1.76. The Morgan fingerprint density at radius 3 is 2.53 bits per heavy atom. The van der Waals surface area contributed by atoms with E-state index in [2.05, 4.69) is 43.8 Å². The molecule has 0 radical (unpaired) electrons.